The van der Waals surface area contributed by atoms with E-state index in [-0.39, 0.29) is 48.9 Å². The van der Waals surface area contributed by atoms with E-state index in [1.807, 2.05) is 53.1 Å². The number of aliphatic hydroxyl groups is 1. The number of rotatable bonds is 9. The molecule has 0 bridgehead atoms. The Morgan fingerprint density at radius 3 is 2.19 bits per heavy atom. The van der Waals surface area contributed by atoms with Crippen LogP contribution in [0.1, 0.15) is 84.7 Å². The molecule has 6 heteroatoms. The summed E-state index contributed by atoms with van der Waals surface area (Å²) in [5.74, 6) is 0.547. The third-order valence-electron chi connectivity index (χ3n) is 7.61. The molecule has 1 radical (unpaired) electrons. The fraction of sp³-hybridized carbons (Fsp3) is 0.417. The van der Waals surface area contributed by atoms with Gasteiger partial charge < -0.3 is 5.11 Å². The van der Waals surface area contributed by atoms with E-state index in [4.69, 9.17) is 0 Å². The van der Waals surface area contributed by atoms with Crippen LogP contribution in [0.2, 0.25) is 0 Å². The van der Waals surface area contributed by atoms with Crippen molar-refractivity contribution >= 4 is 27.9 Å². The van der Waals surface area contributed by atoms with Gasteiger partial charge in [0, 0.05) is 56.1 Å². The first kappa shape index (κ1) is 35.5. The first-order valence-electron chi connectivity index (χ1n) is 14.8. The van der Waals surface area contributed by atoms with Crippen molar-refractivity contribution in [3.05, 3.63) is 83.3 Å². The molecular weight excluding hydrogens is 717 g/mol. The first-order valence-corrected chi connectivity index (χ1v) is 15.6. The molecule has 0 saturated heterocycles. The zero-order valence-electron chi connectivity index (χ0n) is 26.2. The third kappa shape index (κ3) is 9.17. The molecule has 0 amide bonds. The van der Waals surface area contributed by atoms with Gasteiger partial charge in [0.05, 0.1) is 15.6 Å². The third-order valence-corrected chi connectivity index (χ3v) is 8.57. The normalized spacial score (nSPS) is 11.8. The molecule has 42 heavy (non-hydrogen) atoms. The predicted molar refractivity (Wildman–Crippen MR) is 174 cm³/mol. The van der Waals surface area contributed by atoms with Gasteiger partial charge in [-0.05, 0) is 49.7 Å². The number of ketones is 1. The first-order chi connectivity index (χ1) is 19.5. The number of aromatic nitrogens is 2. The summed E-state index contributed by atoms with van der Waals surface area (Å²) in [6, 6.07) is 18.5. The van der Waals surface area contributed by atoms with E-state index >= 15 is 0 Å². The van der Waals surface area contributed by atoms with Gasteiger partial charge in [0.25, 0.3) is 0 Å². The summed E-state index contributed by atoms with van der Waals surface area (Å²) in [6.45, 7) is 16.9. The van der Waals surface area contributed by atoms with Crippen molar-refractivity contribution in [3.63, 3.8) is 0 Å². The zero-order valence-corrected chi connectivity index (χ0v) is 29.5. The van der Waals surface area contributed by atoms with Gasteiger partial charge in [-0.15, -0.1) is 40.5 Å². The standard InChI is InChI=1S/C23H21N2S.C13H24O2.Ir/c1-15-25-14-22(26-15)17-9-10-24-21(13-17)18-11-16-7-5-6-8-19(16)20(12-18)23(2,3)4;1-5-10(6-2)12(14)9-13(15)11(7-3)8-4;/h5-10,12-14H,1-4H3;9-11,14H,5-8H2,1-4H3;/q-1;;/b;12-9-;. The van der Waals surface area contributed by atoms with Crippen LogP contribution in [0, 0.1) is 24.8 Å². The molecule has 0 saturated carbocycles. The summed E-state index contributed by atoms with van der Waals surface area (Å²) in [7, 11) is 0. The van der Waals surface area contributed by atoms with Crippen molar-refractivity contribution in [3.8, 4) is 21.7 Å². The predicted octanol–water partition coefficient (Wildman–Crippen LogP) is 10.3. The Kier molecular flexibility index (Phi) is 13.8. The molecule has 0 aliphatic carbocycles. The molecule has 0 unspecified atom stereocenters. The van der Waals surface area contributed by atoms with Gasteiger partial charge in [-0.3, -0.25) is 9.78 Å². The molecule has 4 aromatic rings. The molecule has 0 spiro atoms. The Labute approximate surface area is 270 Å². The van der Waals surface area contributed by atoms with Crippen LogP contribution >= 0.6 is 11.3 Å². The Hall–Kier alpha value is -2.66. The van der Waals surface area contributed by atoms with E-state index in [1.54, 1.807) is 11.3 Å². The molecule has 0 aliphatic rings. The molecule has 2 aromatic heterocycles. The number of benzene rings is 2. The van der Waals surface area contributed by atoms with Crippen LogP contribution in [-0.4, -0.2) is 20.9 Å². The second kappa shape index (κ2) is 16.3. The second-order valence-electron chi connectivity index (χ2n) is 11.6. The van der Waals surface area contributed by atoms with E-state index in [2.05, 4.69) is 73.2 Å². The maximum Gasteiger partial charge on any atom is 0.162 e. The fourth-order valence-corrected chi connectivity index (χ4v) is 5.77. The van der Waals surface area contributed by atoms with Gasteiger partial charge in [0.2, 0.25) is 0 Å². The topological polar surface area (TPSA) is 63.1 Å². The van der Waals surface area contributed by atoms with Crippen molar-refractivity contribution in [1.29, 1.82) is 0 Å². The van der Waals surface area contributed by atoms with E-state index in [0.717, 1.165) is 52.9 Å². The molecule has 2 heterocycles. The maximum atomic E-state index is 11.7. The van der Waals surface area contributed by atoms with Crippen LogP contribution in [0.3, 0.4) is 0 Å². The average Bonchev–Trinajstić information content (AvgIpc) is 3.40. The smallest absolute Gasteiger partial charge is 0.162 e. The molecule has 0 fully saturated rings. The SMILES string of the molecule is CCC(CC)C(=O)/C=C(\O)C(CC)CC.Cc1ncc(-c2ccnc(-c3[c-]c4ccccc4c(C(C)(C)C)c3)c2)s1.[Ir]. The quantitative estimate of drug-likeness (QED) is 0.105. The molecule has 1 N–H and O–H groups in total. The Morgan fingerprint density at radius 1 is 0.976 bits per heavy atom. The van der Waals surface area contributed by atoms with Gasteiger partial charge in [0.1, 0.15) is 0 Å². The van der Waals surface area contributed by atoms with E-state index in [0.29, 0.717) is 0 Å². The van der Waals surface area contributed by atoms with Crippen LogP contribution in [-0.2, 0) is 30.3 Å². The molecule has 0 atom stereocenters. The summed E-state index contributed by atoms with van der Waals surface area (Å²) >= 11 is 1.71. The number of allylic oxidation sites excluding steroid dienone is 2. The molecule has 2 aromatic carbocycles. The number of aryl methyl sites for hydroxylation is 1. The zero-order chi connectivity index (χ0) is 30.2. The number of nitrogens with zero attached hydrogens (tertiary/aromatic N) is 2. The van der Waals surface area contributed by atoms with Gasteiger partial charge in [-0.25, -0.2) is 4.98 Å². The molecular formula is C36H45IrN2O2S-. The molecule has 227 valence electrons. The van der Waals surface area contributed by atoms with Crippen LogP contribution in [0.25, 0.3) is 32.5 Å². The van der Waals surface area contributed by atoms with Crippen LogP contribution in [0.5, 0.6) is 0 Å². The fourth-order valence-electron chi connectivity index (χ4n) is 4.99. The minimum Gasteiger partial charge on any atom is -0.512 e. The van der Waals surface area contributed by atoms with Crippen molar-refractivity contribution in [1.82, 2.24) is 9.97 Å². The summed E-state index contributed by atoms with van der Waals surface area (Å²) in [5.41, 5.74) is 4.51. The van der Waals surface area contributed by atoms with Crippen molar-refractivity contribution < 1.29 is 30.0 Å². The van der Waals surface area contributed by atoms with Crippen molar-refractivity contribution in [2.75, 3.05) is 0 Å². The molecule has 0 aliphatic heterocycles. The molecule has 4 nitrogen and oxygen atoms in total. The summed E-state index contributed by atoms with van der Waals surface area (Å²) in [5, 5.41) is 13.2. The van der Waals surface area contributed by atoms with E-state index in [9.17, 15) is 9.90 Å². The van der Waals surface area contributed by atoms with E-state index < -0.39 is 0 Å². The number of thiazole rings is 1. The Balaban J connectivity index is 0.000000334. The summed E-state index contributed by atoms with van der Waals surface area (Å²) in [6.07, 6.45) is 8.72. The Morgan fingerprint density at radius 2 is 1.62 bits per heavy atom. The maximum absolute atomic E-state index is 11.7. The Bertz CT molecular complexity index is 1480. The van der Waals surface area contributed by atoms with Crippen molar-refractivity contribution in [2.45, 2.75) is 86.5 Å². The van der Waals surface area contributed by atoms with Crippen molar-refractivity contribution in [2.24, 2.45) is 11.8 Å². The number of hydrogen-bond donors (Lipinski definition) is 1. The minimum atomic E-state index is 0. The largest absolute Gasteiger partial charge is 0.512 e. The number of carbonyl (C=O) groups excluding carboxylic acids is 1. The number of carbonyl (C=O) groups is 1. The van der Waals surface area contributed by atoms with Gasteiger partial charge >= 0.3 is 0 Å². The van der Waals surface area contributed by atoms with Crippen LogP contribution < -0.4 is 0 Å². The van der Waals surface area contributed by atoms with Crippen LogP contribution in [0.15, 0.2) is 66.7 Å². The molecule has 4 rings (SSSR count). The minimum absolute atomic E-state index is 0. The van der Waals surface area contributed by atoms with Gasteiger partial charge in [-0.2, -0.15) is 0 Å². The van der Waals surface area contributed by atoms with Gasteiger partial charge in [-0.1, -0.05) is 83.7 Å². The monoisotopic (exact) mass is 762 g/mol. The summed E-state index contributed by atoms with van der Waals surface area (Å²) < 4.78 is 0. The van der Waals surface area contributed by atoms with Crippen LogP contribution in [0.4, 0.5) is 0 Å². The number of hydrogen-bond acceptors (Lipinski definition) is 5. The summed E-state index contributed by atoms with van der Waals surface area (Å²) in [4.78, 5) is 21.9. The number of aliphatic hydroxyl groups excluding tert-OH is 1. The average molecular weight is 762 g/mol. The van der Waals surface area contributed by atoms with Gasteiger partial charge in [0.15, 0.2) is 5.78 Å². The second-order valence-corrected chi connectivity index (χ2v) is 12.8. The number of fused-ring (bicyclic) bond motifs is 1. The number of pyridine rings is 1. The van der Waals surface area contributed by atoms with E-state index in [1.165, 1.54) is 21.9 Å².